The second kappa shape index (κ2) is 6.13. The zero-order valence-electron chi connectivity index (χ0n) is 9.60. The van der Waals surface area contributed by atoms with Crippen molar-refractivity contribution in [3.05, 3.63) is 21.9 Å². The van der Waals surface area contributed by atoms with Crippen molar-refractivity contribution in [1.29, 1.82) is 0 Å². The van der Waals surface area contributed by atoms with Gasteiger partial charge in [0, 0.05) is 23.7 Å². The molecule has 0 aliphatic heterocycles. The van der Waals surface area contributed by atoms with E-state index in [0.29, 0.717) is 22.8 Å². The normalized spacial score (nSPS) is 11.4. The molecule has 0 aliphatic carbocycles. The van der Waals surface area contributed by atoms with Crippen LogP contribution in [0.4, 0.5) is 0 Å². The fourth-order valence-corrected chi connectivity index (χ4v) is 3.40. The number of hydrogen-bond donors (Lipinski definition) is 2. The summed E-state index contributed by atoms with van der Waals surface area (Å²) >= 11 is 1.20. The van der Waals surface area contributed by atoms with Crippen molar-refractivity contribution in [3.63, 3.8) is 0 Å². The van der Waals surface area contributed by atoms with Gasteiger partial charge in [0.25, 0.3) is 5.91 Å². The standard InChI is InChI=1S/C10H16N2O3S2/c1-2-17(14,15)7-8-3-4-9(16-8)10(13)12-6-5-11/h3-4H,2,5-7,11H2,1H3,(H,12,13). The van der Waals surface area contributed by atoms with E-state index in [1.807, 2.05) is 0 Å². The number of carbonyl (C=O) groups excluding carboxylic acids is 1. The molecule has 0 bridgehead atoms. The van der Waals surface area contributed by atoms with E-state index in [-0.39, 0.29) is 17.4 Å². The van der Waals surface area contributed by atoms with Gasteiger partial charge in [-0.05, 0) is 12.1 Å². The predicted octanol–water partition coefficient (Wildman–Crippen LogP) is 0.371. The van der Waals surface area contributed by atoms with E-state index in [2.05, 4.69) is 5.32 Å². The summed E-state index contributed by atoms with van der Waals surface area (Å²) in [5.41, 5.74) is 5.27. The first-order valence-electron chi connectivity index (χ1n) is 5.26. The maximum atomic E-state index is 11.5. The third kappa shape index (κ3) is 4.45. The number of amides is 1. The van der Waals surface area contributed by atoms with Crippen LogP contribution < -0.4 is 11.1 Å². The molecule has 0 radical (unpaired) electrons. The average Bonchev–Trinajstić information content (AvgIpc) is 2.73. The molecule has 0 fully saturated rings. The first-order chi connectivity index (χ1) is 7.98. The summed E-state index contributed by atoms with van der Waals surface area (Å²) in [6.45, 7) is 2.41. The molecule has 1 aromatic rings. The lowest BCUT2D eigenvalue weighted by atomic mass is 10.4. The number of hydrogen-bond acceptors (Lipinski definition) is 5. The van der Waals surface area contributed by atoms with E-state index in [0.717, 1.165) is 0 Å². The van der Waals surface area contributed by atoms with Gasteiger partial charge in [0.15, 0.2) is 9.84 Å². The van der Waals surface area contributed by atoms with Gasteiger partial charge in [-0.25, -0.2) is 8.42 Å². The highest BCUT2D eigenvalue weighted by molar-refractivity contribution is 7.90. The Labute approximate surface area is 105 Å². The SMILES string of the molecule is CCS(=O)(=O)Cc1ccc(C(=O)NCCN)s1. The minimum Gasteiger partial charge on any atom is -0.350 e. The number of thiophene rings is 1. The number of nitrogens with two attached hydrogens (primary N) is 1. The highest BCUT2D eigenvalue weighted by Gasteiger charge is 2.13. The molecule has 3 N–H and O–H groups in total. The molecule has 96 valence electrons. The molecule has 1 aromatic heterocycles. The van der Waals surface area contributed by atoms with Crippen LogP contribution in [0.5, 0.6) is 0 Å². The summed E-state index contributed by atoms with van der Waals surface area (Å²) in [5.74, 6) is -0.0987. The Morgan fingerprint density at radius 2 is 2.18 bits per heavy atom. The van der Waals surface area contributed by atoms with Crippen LogP contribution in [0.1, 0.15) is 21.5 Å². The second-order valence-electron chi connectivity index (χ2n) is 3.49. The molecule has 0 saturated carbocycles. The summed E-state index contributed by atoms with van der Waals surface area (Å²) in [5, 5.41) is 2.64. The lowest BCUT2D eigenvalue weighted by Crippen LogP contribution is -2.28. The number of carbonyl (C=O) groups is 1. The fraction of sp³-hybridized carbons (Fsp3) is 0.500. The number of rotatable bonds is 6. The summed E-state index contributed by atoms with van der Waals surface area (Å²) in [4.78, 5) is 12.7. The van der Waals surface area contributed by atoms with E-state index in [1.165, 1.54) is 11.3 Å². The Bertz CT molecular complexity index is 479. The van der Waals surface area contributed by atoms with Crippen LogP contribution in [-0.2, 0) is 15.6 Å². The Morgan fingerprint density at radius 1 is 1.47 bits per heavy atom. The molecular formula is C10H16N2O3S2. The molecular weight excluding hydrogens is 260 g/mol. The monoisotopic (exact) mass is 276 g/mol. The molecule has 5 nitrogen and oxygen atoms in total. The highest BCUT2D eigenvalue weighted by Crippen LogP contribution is 2.19. The Morgan fingerprint density at radius 3 is 2.76 bits per heavy atom. The van der Waals surface area contributed by atoms with Crippen LogP contribution in [0.25, 0.3) is 0 Å². The summed E-state index contributed by atoms with van der Waals surface area (Å²) < 4.78 is 22.8. The zero-order valence-corrected chi connectivity index (χ0v) is 11.2. The summed E-state index contributed by atoms with van der Waals surface area (Å²) in [6.07, 6.45) is 0. The number of sulfone groups is 1. The lowest BCUT2D eigenvalue weighted by molar-refractivity contribution is 0.0959. The molecule has 0 atom stereocenters. The lowest BCUT2D eigenvalue weighted by Gasteiger charge is -2.00. The van der Waals surface area contributed by atoms with Gasteiger partial charge < -0.3 is 11.1 Å². The second-order valence-corrected chi connectivity index (χ2v) is 7.01. The van der Waals surface area contributed by atoms with Gasteiger partial charge in [-0.1, -0.05) is 6.92 Å². The van der Waals surface area contributed by atoms with Crippen molar-refractivity contribution in [1.82, 2.24) is 5.32 Å². The van der Waals surface area contributed by atoms with Crippen molar-refractivity contribution in [2.24, 2.45) is 5.73 Å². The van der Waals surface area contributed by atoms with E-state index in [4.69, 9.17) is 5.73 Å². The third-order valence-corrected chi connectivity index (χ3v) is 5.01. The Hall–Kier alpha value is -0.920. The minimum atomic E-state index is -3.04. The maximum Gasteiger partial charge on any atom is 0.261 e. The van der Waals surface area contributed by atoms with Crippen LogP contribution in [0.15, 0.2) is 12.1 Å². The van der Waals surface area contributed by atoms with Crippen LogP contribution >= 0.6 is 11.3 Å². The van der Waals surface area contributed by atoms with Gasteiger partial charge in [-0.2, -0.15) is 0 Å². The molecule has 1 heterocycles. The number of nitrogens with one attached hydrogen (secondary N) is 1. The van der Waals surface area contributed by atoms with Gasteiger partial charge in [0.05, 0.1) is 10.6 Å². The van der Waals surface area contributed by atoms with E-state index >= 15 is 0 Å². The van der Waals surface area contributed by atoms with Crippen LogP contribution in [0, 0.1) is 0 Å². The van der Waals surface area contributed by atoms with Gasteiger partial charge >= 0.3 is 0 Å². The molecule has 1 rings (SSSR count). The molecule has 0 aromatic carbocycles. The first kappa shape index (κ1) is 14.1. The molecule has 0 saturated heterocycles. The van der Waals surface area contributed by atoms with Crippen molar-refractivity contribution in [2.75, 3.05) is 18.8 Å². The van der Waals surface area contributed by atoms with E-state index < -0.39 is 9.84 Å². The molecule has 0 spiro atoms. The van der Waals surface area contributed by atoms with Crippen LogP contribution in [-0.4, -0.2) is 33.2 Å². The van der Waals surface area contributed by atoms with Crippen molar-refractivity contribution in [3.8, 4) is 0 Å². The quantitative estimate of drug-likeness (QED) is 0.785. The zero-order chi connectivity index (χ0) is 12.9. The van der Waals surface area contributed by atoms with Crippen molar-refractivity contribution < 1.29 is 13.2 Å². The Balaban J connectivity index is 2.68. The minimum absolute atomic E-state index is 0.00165. The van der Waals surface area contributed by atoms with E-state index in [9.17, 15) is 13.2 Å². The van der Waals surface area contributed by atoms with Crippen LogP contribution in [0.2, 0.25) is 0 Å². The predicted molar refractivity (Wildman–Crippen MR) is 68.9 cm³/mol. The molecule has 0 aliphatic rings. The van der Waals surface area contributed by atoms with Gasteiger partial charge in [0.2, 0.25) is 0 Å². The smallest absolute Gasteiger partial charge is 0.261 e. The third-order valence-electron chi connectivity index (χ3n) is 2.12. The average molecular weight is 276 g/mol. The largest absolute Gasteiger partial charge is 0.350 e. The van der Waals surface area contributed by atoms with Gasteiger partial charge in [-0.3, -0.25) is 4.79 Å². The molecule has 0 unspecified atom stereocenters. The van der Waals surface area contributed by atoms with Crippen molar-refractivity contribution in [2.45, 2.75) is 12.7 Å². The highest BCUT2D eigenvalue weighted by atomic mass is 32.2. The molecule has 7 heteroatoms. The van der Waals surface area contributed by atoms with Gasteiger partial charge in [-0.15, -0.1) is 11.3 Å². The van der Waals surface area contributed by atoms with Crippen molar-refractivity contribution >= 4 is 27.1 Å². The summed E-state index contributed by atoms with van der Waals surface area (Å²) in [6, 6.07) is 3.31. The van der Waals surface area contributed by atoms with Crippen LogP contribution in [0.3, 0.4) is 0 Å². The van der Waals surface area contributed by atoms with Gasteiger partial charge in [0.1, 0.15) is 0 Å². The maximum absolute atomic E-state index is 11.5. The van der Waals surface area contributed by atoms with E-state index in [1.54, 1.807) is 19.1 Å². The fourth-order valence-electron chi connectivity index (χ4n) is 1.17. The Kier molecular flexibility index (Phi) is 5.10. The topological polar surface area (TPSA) is 89.3 Å². The first-order valence-corrected chi connectivity index (χ1v) is 7.89. The molecule has 17 heavy (non-hydrogen) atoms. The summed E-state index contributed by atoms with van der Waals surface area (Å²) in [7, 11) is -3.04. The molecule has 1 amide bonds.